The fourth-order valence-corrected chi connectivity index (χ4v) is 3.84. The van der Waals surface area contributed by atoms with Crippen LogP contribution in [0.2, 0.25) is 0 Å². The molecular formula is C15H27N3OS. The predicted molar refractivity (Wildman–Crippen MR) is 84.2 cm³/mol. The molecule has 1 aromatic heterocycles. The van der Waals surface area contributed by atoms with Gasteiger partial charge >= 0.3 is 0 Å². The van der Waals surface area contributed by atoms with E-state index < -0.39 is 0 Å². The molecule has 1 aliphatic heterocycles. The number of nitrogens with zero attached hydrogens (tertiary/aromatic N) is 3. The molecule has 2 atom stereocenters. The van der Waals surface area contributed by atoms with Crippen LogP contribution >= 0.6 is 11.3 Å². The SMILES string of the molecule is COC[C@H](C)N1CC[C@@H](CN(C)Cc2scnc2C)C1. The lowest BCUT2D eigenvalue weighted by atomic mass is 10.1. The molecule has 114 valence electrons. The van der Waals surface area contributed by atoms with Crippen LogP contribution in [0.5, 0.6) is 0 Å². The summed E-state index contributed by atoms with van der Waals surface area (Å²) in [7, 11) is 4.01. The van der Waals surface area contributed by atoms with E-state index in [2.05, 4.69) is 35.7 Å². The second-order valence-corrected chi connectivity index (χ2v) is 6.95. The van der Waals surface area contributed by atoms with E-state index in [1.54, 1.807) is 18.4 Å². The van der Waals surface area contributed by atoms with Crippen LogP contribution in [0.25, 0.3) is 0 Å². The molecule has 0 spiro atoms. The molecule has 2 heterocycles. The van der Waals surface area contributed by atoms with E-state index in [9.17, 15) is 0 Å². The van der Waals surface area contributed by atoms with Crippen LogP contribution in [0.15, 0.2) is 5.51 Å². The maximum atomic E-state index is 5.26. The number of aromatic nitrogens is 1. The summed E-state index contributed by atoms with van der Waals surface area (Å²) in [5.41, 5.74) is 3.13. The average Bonchev–Trinajstić information content (AvgIpc) is 3.00. The van der Waals surface area contributed by atoms with Crippen molar-refractivity contribution >= 4 is 11.3 Å². The highest BCUT2D eigenvalue weighted by molar-refractivity contribution is 7.09. The molecule has 1 fully saturated rings. The van der Waals surface area contributed by atoms with Crippen LogP contribution in [-0.4, -0.2) is 61.2 Å². The first-order valence-corrected chi connectivity index (χ1v) is 8.28. The normalized spacial score (nSPS) is 21.8. The smallest absolute Gasteiger partial charge is 0.0798 e. The first kappa shape index (κ1) is 15.9. The van der Waals surface area contributed by atoms with Gasteiger partial charge in [-0.1, -0.05) is 0 Å². The monoisotopic (exact) mass is 297 g/mol. The van der Waals surface area contributed by atoms with Gasteiger partial charge in [0.2, 0.25) is 0 Å². The Morgan fingerprint density at radius 2 is 2.40 bits per heavy atom. The number of aryl methyl sites for hydroxylation is 1. The fraction of sp³-hybridized carbons (Fsp3) is 0.800. The standard InChI is InChI=1S/C15H27N3OS/c1-12(10-19-4)18-6-5-14(8-18)7-17(3)9-15-13(2)16-11-20-15/h11-12,14H,5-10H2,1-4H3/t12-,14-/m0/s1. The Labute approximate surface area is 126 Å². The van der Waals surface area contributed by atoms with Gasteiger partial charge in [0, 0.05) is 37.7 Å². The summed E-state index contributed by atoms with van der Waals surface area (Å²) in [6.45, 7) is 9.82. The summed E-state index contributed by atoms with van der Waals surface area (Å²) in [4.78, 5) is 10.7. The van der Waals surface area contributed by atoms with Gasteiger partial charge < -0.3 is 9.64 Å². The van der Waals surface area contributed by atoms with Crippen LogP contribution < -0.4 is 0 Å². The van der Waals surface area contributed by atoms with Gasteiger partial charge in [0.05, 0.1) is 17.8 Å². The van der Waals surface area contributed by atoms with Gasteiger partial charge in [-0.3, -0.25) is 4.90 Å². The Kier molecular flexibility index (Phi) is 5.96. The molecule has 0 unspecified atom stereocenters. The largest absolute Gasteiger partial charge is 0.383 e. The van der Waals surface area contributed by atoms with Crippen molar-refractivity contribution in [1.82, 2.24) is 14.8 Å². The number of hydrogen-bond acceptors (Lipinski definition) is 5. The van der Waals surface area contributed by atoms with Gasteiger partial charge in [-0.25, -0.2) is 4.98 Å². The molecule has 0 radical (unpaired) electrons. The third-order valence-corrected chi connectivity index (χ3v) is 5.10. The molecule has 0 aliphatic carbocycles. The summed E-state index contributed by atoms with van der Waals surface area (Å²) in [6, 6.07) is 0.541. The zero-order valence-electron chi connectivity index (χ0n) is 13.1. The van der Waals surface area contributed by atoms with Gasteiger partial charge in [-0.15, -0.1) is 11.3 Å². The number of thiazole rings is 1. The Morgan fingerprint density at radius 1 is 1.60 bits per heavy atom. The summed E-state index contributed by atoms with van der Waals surface area (Å²) in [6.07, 6.45) is 1.31. The predicted octanol–water partition coefficient (Wildman–Crippen LogP) is 2.24. The lowest BCUT2D eigenvalue weighted by molar-refractivity contribution is 0.111. The summed E-state index contributed by atoms with van der Waals surface area (Å²) in [5, 5.41) is 0. The van der Waals surface area contributed by atoms with Gasteiger partial charge in [0.1, 0.15) is 0 Å². The van der Waals surface area contributed by atoms with Gasteiger partial charge in [0.25, 0.3) is 0 Å². The minimum atomic E-state index is 0.541. The molecule has 5 heteroatoms. The minimum Gasteiger partial charge on any atom is -0.383 e. The van der Waals surface area contributed by atoms with Crippen LogP contribution in [0.3, 0.4) is 0 Å². The lowest BCUT2D eigenvalue weighted by Crippen LogP contribution is -2.35. The van der Waals surface area contributed by atoms with E-state index in [0.29, 0.717) is 6.04 Å². The Morgan fingerprint density at radius 3 is 3.05 bits per heavy atom. The van der Waals surface area contributed by atoms with Crippen molar-refractivity contribution < 1.29 is 4.74 Å². The van der Waals surface area contributed by atoms with Crippen molar-refractivity contribution in [3.63, 3.8) is 0 Å². The molecule has 0 aromatic carbocycles. The topological polar surface area (TPSA) is 28.6 Å². The molecule has 0 N–H and O–H groups in total. The van der Waals surface area contributed by atoms with E-state index in [1.807, 2.05) is 5.51 Å². The van der Waals surface area contributed by atoms with E-state index in [0.717, 1.165) is 19.1 Å². The molecular weight excluding hydrogens is 270 g/mol. The molecule has 0 bridgehead atoms. The zero-order valence-corrected chi connectivity index (χ0v) is 13.9. The van der Waals surface area contributed by atoms with E-state index in [4.69, 9.17) is 4.74 Å². The fourth-order valence-electron chi connectivity index (χ4n) is 2.99. The Balaban J connectivity index is 1.76. The van der Waals surface area contributed by atoms with E-state index in [1.165, 1.54) is 36.6 Å². The van der Waals surface area contributed by atoms with Crippen LogP contribution in [0, 0.1) is 12.8 Å². The summed E-state index contributed by atoms with van der Waals surface area (Å²) >= 11 is 1.77. The highest BCUT2D eigenvalue weighted by atomic mass is 32.1. The Bertz CT molecular complexity index is 410. The highest BCUT2D eigenvalue weighted by Gasteiger charge is 2.26. The lowest BCUT2D eigenvalue weighted by Gasteiger charge is -2.25. The number of rotatable bonds is 7. The van der Waals surface area contributed by atoms with Crippen molar-refractivity contribution in [2.24, 2.45) is 5.92 Å². The Hall–Kier alpha value is -0.490. The van der Waals surface area contributed by atoms with Crippen LogP contribution in [-0.2, 0) is 11.3 Å². The van der Waals surface area contributed by atoms with Crippen molar-refractivity contribution in [3.8, 4) is 0 Å². The second kappa shape index (κ2) is 7.50. The average molecular weight is 297 g/mol. The third kappa shape index (κ3) is 4.25. The van der Waals surface area contributed by atoms with Gasteiger partial charge in [-0.2, -0.15) is 0 Å². The van der Waals surface area contributed by atoms with Gasteiger partial charge in [-0.05, 0) is 39.8 Å². The first-order chi connectivity index (χ1) is 9.60. The number of likely N-dealkylation sites (tertiary alicyclic amines) is 1. The maximum Gasteiger partial charge on any atom is 0.0798 e. The van der Waals surface area contributed by atoms with Crippen LogP contribution in [0.1, 0.15) is 23.9 Å². The van der Waals surface area contributed by atoms with E-state index in [-0.39, 0.29) is 0 Å². The molecule has 1 saturated heterocycles. The van der Waals surface area contributed by atoms with Crippen LogP contribution in [0.4, 0.5) is 0 Å². The van der Waals surface area contributed by atoms with Crippen molar-refractivity contribution in [2.45, 2.75) is 32.9 Å². The van der Waals surface area contributed by atoms with E-state index >= 15 is 0 Å². The van der Waals surface area contributed by atoms with Crippen molar-refractivity contribution in [2.75, 3.05) is 40.4 Å². The molecule has 1 aliphatic rings. The van der Waals surface area contributed by atoms with Gasteiger partial charge in [0.15, 0.2) is 0 Å². The molecule has 2 rings (SSSR count). The summed E-state index contributed by atoms with van der Waals surface area (Å²) in [5.74, 6) is 0.785. The summed E-state index contributed by atoms with van der Waals surface area (Å²) < 4.78 is 5.26. The number of hydrogen-bond donors (Lipinski definition) is 0. The van der Waals surface area contributed by atoms with Crippen molar-refractivity contribution in [1.29, 1.82) is 0 Å². The van der Waals surface area contributed by atoms with Crippen molar-refractivity contribution in [3.05, 3.63) is 16.1 Å². The quantitative estimate of drug-likeness (QED) is 0.772. The first-order valence-electron chi connectivity index (χ1n) is 7.40. The minimum absolute atomic E-state index is 0.541. The number of ether oxygens (including phenoxy) is 1. The molecule has 0 saturated carbocycles. The second-order valence-electron chi connectivity index (χ2n) is 6.01. The molecule has 1 aromatic rings. The number of methoxy groups -OCH3 is 1. The highest BCUT2D eigenvalue weighted by Crippen LogP contribution is 2.21. The zero-order chi connectivity index (χ0) is 14.5. The maximum absolute atomic E-state index is 5.26. The third-order valence-electron chi connectivity index (χ3n) is 4.18. The molecule has 0 amide bonds. The molecule has 20 heavy (non-hydrogen) atoms. The molecule has 4 nitrogen and oxygen atoms in total.